The van der Waals surface area contributed by atoms with Gasteiger partial charge in [-0.2, -0.15) is 5.10 Å². The number of rotatable bonds is 6. The van der Waals surface area contributed by atoms with Crippen molar-refractivity contribution in [2.45, 2.75) is 0 Å². The van der Waals surface area contributed by atoms with E-state index >= 15 is 0 Å². The van der Waals surface area contributed by atoms with Crippen LogP contribution in [0.5, 0.6) is 11.5 Å². The van der Waals surface area contributed by atoms with Crippen LogP contribution in [0.15, 0.2) is 77.9 Å². The quantitative estimate of drug-likeness (QED) is 0.321. The van der Waals surface area contributed by atoms with Crippen LogP contribution in [0.25, 0.3) is 22.2 Å². The van der Waals surface area contributed by atoms with Gasteiger partial charge in [0.1, 0.15) is 11.5 Å². The first-order valence-electron chi connectivity index (χ1n) is 9.80. The van der Waals surface area contributed by atoms with Crippen molar-refractivity contribution in [2.75, 3.05) is 14.2 Å². The molecule has 4 aromatic rings. The molecule has 0 fully saturated rings. The molecule has 1 aromatic heterocycles. The fourth-order valence-electron chi connectivity index (χ4n) is 3.33. The molecule has 160 valence electrons. The summed E-state index contributed by atoms with van der Waals surface area (Å²) in [5.74, 6) is 0.928. The maximum Gasteiger partial charge on any atom is 0.272 e. The fourth-order valence-corrected chi connectivity index (χ4v) is 3.53. The van der Waals surface area contributed by atoms with Crippen molar-refractivity contribution in [1.29, 1.82) is 0 Å². The molecule has 0 bridgehead atoms. The lowest BCUT2D eigenvalue weighted by Gasteiger charge is -2.13. The summed E-state index contributed by atoms with van der Waals surface area (Å²) in [5.41, 5.74) is 5.80. The Labute approximate surface area is 190 Å². The highest BCUT2D eigenvalue weighted by atomic mass is 35.5. The number of nitrogens with one attached hydrogen (secondary N) is 1. The van der Waals surface area contributed by atoms with Crippen LogP contribution in [0, 0.1) is 0 Å². The Hall–Kier alpha value is -3.90. The van der Waals surface area contributed by atoms with E-state index in [2.05, 4.69) is 10.5 Å². The predicted molar refractivity (Wildman–Crippen MR) is 127 cm³/mol. The molecule has 3 aromatic carbocycles. The van der Waals surface area contributed by atoms with Gasteiger partial charge >= 0.3 is 0 Å². The summed E-state index contributed by atoms with van der Waals surface area (Å²) in [6.45, 7) is 0. The smallest absolute Gasteiger partial charge is 0.272 e. The summed E-state index contributed by atoms with van der Waals surface area (Å²) in [6, 6.07) is 21.8. The van der Waals surface area contributed by atoms with E-state index in [0.717, 1.165) is 5.56 Å². The Kier molecular flexibility index (Phi) is 6.33. The Bertz CT molecular complexity index is 1320. The van der Waals surface area contributed by atoms with Gasteiger partial charge in [0.15, 0.2) is 0 Å². The number of carbonyl (C=O) groups is 1. The molecule has 7 heteroatoms. The molecule has 0 saturated heterocycles. The third-order valence-corrected chi connectivity index (χ3v) is 5.11. The molecule has 1 amide bonds. The van der Waals surface area contributed by atoms with E-state index in [9.17, 15) is 4.79 Å². The number of benzene rings is 3. The van der Waals surface area contributed by atoms with Crippen molar-refractivity contribution in [3.8, 4) is 22.8 Å². The largest absolute Gasteiger partial charge is 0.497 e. The summed E-state index contributed by atoms with van der Waals surface area (Å²) in [6.07, 6.45) is 1.54. The van der Waals surface area contributed by atoms with Crippen LogP contribution in [0.2, 0.25) is 5.02 Å². The first-order chi connectivity index (χ1) is 15.6. The van der Waals surface area contributed by atoms with Crippen molar-refractivity contribution in [2.24, 2.45) is 5.10 Å². The minimum Gasteiger partial charge on any atom is -0.497 e. The van der Waals surface area contributed by atoms with E-state index in [-0.39, 0.29) is 5.91 Å². The number of hydrogen-bond donors (Lipinski definition) is 1. The number of fused-ring (bicyclic) bond motifs is 1. The van der Waals surface area contributed by atoms with Crippen molar-refractivity contribution in [3.63, 3.8) is 0 Å². The molecule has 1 heterocycles. The zero-order chi connectivity index (χ0) is 22.5. The second-order valence-corrected chi connectivity index (χ2v) is 7.33. The lowest BCUT2D eigenvalue weighted by molar-refractivity contribution is 0.0956. The van der Waals surface area contributed by atoms with E-state index in [1.54, 1.807) is 44.7 Å². The maximum absolute atomic E-state index is 13.0. The summed E-state index contributed by atoms with van der Waals surface area (Å²) < 4.78 is 10.9. The van der Waals surface area contributed by atoms with E-state index in [1.807, 2.05) is 48.5 Å². The Balaban J connectivity index is 1.74. The van der Waals surface area contributed by atoms with E-state index in [4.69, 9.17) is 26.1 Å². The second-order valence-electron chi connectivity index (χ2n) is 6.89. The summed E-state index contributed by atoms with van der Waals surface area (Å²) >= 11 is 5.99. The number of nitrogens with zero attached hydrogens (tertiary/aromatic N) is 2. The van der Waals surface area contributed by atoms with Gasteiger partial charge in [0.2, 0.25) is 0 Å². The number of para-hydroxylation sites is 1. The standard InChI is InChI=1S/C25H20ClN3O3/c1-31-18-10-11-24(32-2)21(13-18)23-14-20(19-8-3-4-9-22(19)28-23)25(30)29-27-15-16-6-5-7-17(26)12-16/h3-15H,1-2H3,(H,29,30)/b27-15-. The van der Waals surface area contributed by atoms with Gasteiger partial charge in [-0.15, -0.1) is 0 Å². The van der Waals surface area contributed by atoms with E-state index in [1.165, 1.54) is 0 Å². The third-order valence-electron chi connectivity index (χ3n) is 4.87. The molecule has 0 radical (unpaired) electrons. The highest BCUT2D eigenvalue weighted by molar-refractivity contribution is 6.30. The van der Waals surface area contributed by atoms with Gasteiger partial charge in [0, 0.05) is 16.0 Å². The lowest BCUT2D eigenvalue weighted by Crippen LogP contribution is -2.18. The minimum atomic E-state index is -0.356. The number of hydrazone groups is 1. The van der Waals surface area contributed by atoms with Gasteiger partial charge in [-0.3, -0.25) is 4.79 Å². The van der Waals surface area contributed by atoms with Gasteiger partial charge in [-0.25, -0.2) is 10.4 Å². The van der Waals surface area contributed by atoms with Gasteiger partial charge in [-0.1, -0.05) is 41.9 Å². The maximum atomic E-state index is 13.0. The SMILES string of the molecule is COc1ccc(OC)c(-c2cc(C(=O)N/N=C\c3cccc(Cl)c3)c3ccccc3n2)c1. The van der Waals surface area contributed by atoms with Crippen molar-refractivity contribution in [3.05, 3.63) is 88.9 Å². The molecule has 32 heavy (non-hydrogen) atoms. The molecule has 0 aliphatic rings. The van der Waals surface area contributed by atoms with Gasteiger partial charge in [0.25, 0.3) is 5.91 Å². The fraction of sp³-hybridized carbons (Fsp3) is 0.0800. The van der Waals surface area contributed by atoms with Crippen molar-refractivity contribution in [1.82, 2.24) is 10.4 Å². The monoisotopic (exact) mass is 445 g/mol. The molecule has 6 nitrogen and oxygen atoms in total. The van der Waals surface area contributed by atoms with Gasteiger partial charge in [-0.05, 0) is 48.0 Å². The van der Waals surface area contributed by atoms with Crippen LogP contribution in [0.3, 0.4) is 0 Å². The lowest BCUT2D eigenvalue weighted by atomic mass is 10.0. The normalized spacial score (nSPS) is 11.0. The van der Waals surface area contributed by atoms with Crippen molar-refractivity contribution >= 4 is 34.6 Å². The number of hydrogen-bond acceptors (Lipinski definition) is 5. The average Bonchev–Trinajstić information content (AvgIpc) is 2.82. The van der Waals surface area contributed by atoms with Crippen LogP contribution in [0.4, 0.5) is 0 Å². The summed E-state index contributed by atoms with van der Waals surface area (Å²) in [4.78, 5) is 17.8. The molecular weight excluding hydrogens is 426 g/mol. The highest BCUT2D eigenvalue weighted by Gasteiger charge is 2.16. The van der Waals surface area contributed by atoms with Crippen LogP contribution in [-0.2, 0) is 0 Å². The molecule has 0 aliphatic heterocycles. The minimum absolute atomic E-state index is 0.356. The number of methoxy groups -OCH3 is 2. The number of aromatic nitrogens is 1. The Morgan fingerprint density at radius 3 is 2.62 bits per heavy atom. The van der Waals surface area contributed by atoms with Crippen LogP contribution >= 0.6 is 11.6 Å². The second kappa shape index (κ2) is 9.49. The summed E-state index contributed by atoms with van der Waals surface area (Å²) in [5, 5.41) is 5.39. The van der Waals surface area contributed by atoms with Crippen LogP contribution < -0.4 is 14.9 Å². The molecule has 4 rings (SSSR count). The molecule has 0 unspecified atom stereocenters. The molecular formula is C25H20ClN3O3. The predicted octanol–water partition coefficient (Wildman–Crippen LogP) is 5.34. The van der Waals surface area contributed by atoms with E-state index < -0.39 is 0 Å². The zero-order valence-electron chi connectivity index (χ0n) is 17.5. The Morgan fingerprint density at radius 2 is 1.84 bits per heavy atom. The summed E-state index contributed by atoms with van der Waals surface area (Å²) in [7, 11) is 3.18. The van der Waals surface area contributed by atoms with Crippen molar-refractivity contribution < 1.29 is 14.3 Å². The van der Waals surface area contributed by atoms with Gasteiger partial charge < -0.3 is 9.47 Å². The van der Waals surface area contributed by atoms with Crippen LogP contribution in [0.1, 0.15) is 15.9 Å². The number of halogens is 1. The Morgan fingerprint density at radius 1 is 1.00 bits per heavy atom. The number of carbonyl (C=O) groups excluding carboxylic acids is 1. The topological polar surface area (TPSA) is 72.8 Å². The zero-order valence-corrected chi connectivity index (χ0v) is 18.3. The third kappa shape index (κ3) is 4.55. The van der Waals surface area contributed by atoms with E-state index in [0.29, 0.717) is 44.2 Å². The van der Waals surface area contributed by atoms with Gasteiger partial charge in [0.05, 0.1) is 37.2 Å². The number of amides is 1. The number of pyridine rings is 1. The molecule has 0 spiro atoms. The first kappa shape index (κ1) is 21.3. The van der Waals surface area contributed by atoms with Crippen LogP contribution in [-0.4, -0.2) is 31.3 Å². The molecule has 0 atom stereocenters. The average molecular weight is 446 g/mol. The number of ether oxygens (including phenoxy) is 2. The highest BCUT2D eigenvalue weighted by Crippen LogP contribution is 2.34. The molecule has 0 saturated carbocycles. The first-order valence-corrected chi connectivity index (χ1v) is 10.2. The molecule has 1 N–H and O–H groups in total. The molecule has 0 aliphatic carbocycles.